The predicted molar refractivity (Wildman–Crippen MR) is 156 cm³/mol. The van der Waals surface area contributed by atoms with Gasteiger partial charge in [-0.25, -0.2) is 4.79 Å². The summed E-state index contributed by atoms with van der Waals surface area (Å²) in [4.78, 5) is 26.6. The molecule has 0 amide bonds. The SMILES string of the molecule is COC1(c2onc(-c3c(Cl)cc(Cl)cc3Cl)c2C(=O)n2ccc3c(/C=C/C(=O)OC(C)(C)C)cccc32)CCC1. The smallest absolute Gasteiger partial charge is 0.331 e. The Balaban J connectivity index is 1.63. The van der Waals surface area contributed by atoms with Crippen molar-refractivity contribution in [3.63, 3.8) is 0 Å². The Morgan fingerprint density at radius 2 is 1.80 bits per heavy atom. The fraction of sp³-hybridized carbons (Fsp3) is 0.300. The van der Waals surface area contributed by atoms with Crippen LogP contribution in [0.5, 0.6) is 0 Å². The number of carbonyl (C=O) groups is 2. The van der Waals surface area contributed by atoms with E-state index in [0.717, 1.165) is 17.4 Å². The molecular formula is C30H27Cl3N2O5. The van der Waals surface area contributed by atoms with Crippen molar-refractivity contribution in [2.24, 2.45) is 0 Å². The van der Waals surface area contributed by atoms with E-state index >= 15 is 0 Å². The first-order valence-electron chi connectivity index (χ1n) is 12.7. The topological polar surface area (TPSA) is 83.6 Å². The van der Waals surface area contributed by atoms with Crippen molar-refractivity contribution < 1.29 is 23.6 Å². The zero-order valence-electron chi connectivity index (χ0n) is 22.4. The molecule has 0 spiro atoms. The molecule has 2 heterocycles. The number of aromatic nitrogens is 2. The molecule has 40 heavy (non-hydrogen) atoms. The van der Waals surface area contributed by atoms with Crippen LogP contribution in [0.1, 0.15) is 61.7 Å². The molecule has 1 fully saturated rings. The zero-order chi connectivity index (χ0) is 28.8. The highest BCUT2D eigenvalue weighted by Crippen LogP contribution is 2.49. The molecule has 0 unspecified atom stereocenters. The van der Waals surface area contributed by atoms with E-state index < -0.39 is 17.2 Å². The number of hydrogen-bond acceptors (Lipinski definition) is 6. The highest BCUT2D eigenvalue weighted by Gasteiger charge is 2.47. The third kappa shape index (κ3) is 5.19. The van der Waals surface area contributed by atoms with Crippen LogP contribution in [-0.4, -0.2) is 34.3 Å². The average molecular weight is 602 g/mol. The first-order chi connectivity index (χ1) is 18.9. The van der Waals surface area contributed by atoms with Crippen molar-refractivity contribution in [1.82, 2.24) is 9.72 Å². The second-order valence-corrected chi connectivity index (χ2v) is 11.9. The quantitative estimate of drug-likeness (QED) is 0.163. The summed E-state index contributed by atoms with van der Waals surface area (Å²) in [5.74, 6) is -0.521. The average Bonchev–Trinajstić information content (AvgIpc) is 3.46. The van der Waals surface area contributed by atoms with Gasteiger partial charge in [0.1, 0.15) is 22.5 Å². The van der Waals surface area contributed by atoms with Gasteiger partial charge in [-0.05, 0) is 75.9 Å². The van der Waals surface area contributed by atoms with Gasteiger partial charge in [-0.2, -0.15) is 0 Å². The van der Waals surface area contributed by atoms with Gasteiger partial charge in [-0.3, -0.25) is 9.36 Å². The number of halogens is 3. The van der Waals surface area contributed by atoms with Crippen LogP contribution >= 0.6 is 34.8 Å². The van der Waals surface area contributed by atoms with E-state index in [0.29, 0.717) is 34.7 Å². The van der Waals surface area contributed by atoms with Gasteiger partial charge in [0.15, 0.2) is 5.76 Å². The first-order valence-corrected chi connectivity index (χ1v) is 13.8. The molecule has 5 rings (SSSR count). The van der Waals surface area contributed by atoms with Gasteiger partial charge in [-0.1, -0.05) is 52.1 Å². The molecule has 1 saturated carbocycles. The number of esters is 1. The third-order valence-corrected chi connectivity index (χ3v) is 7.72. The van der Waals surface area contributed by atoms with E-state index in [1.165, 1.54) is 22.8 Å². The highest BCUT2D eigenvalue weighted by molar-refractivity contribution is 6.42. The molecule has 2 aromatic carbocycles. The van der Waals surface area contributed by atoms with Crippen molar-refractivity contribution >= 4 is 63.7 Å². The highest BCUT2D eigenvalue weighted by atomic mass is 35.5. The van der Waals surface area contributed by atoms with Gasteiger partial charge >= 0.3 is 5.97 Å². The second-order valence-electron chi connectivity index (χ2n) is 10.7. The lowest BCUT2D eigenvalue weighted by molar-refractivity contribution is -0.148. The molecule has 0 radical (unpaired) electrons. The van der Waals surface area contributed by atoms with Crippen LogP contribution in [0.25, 0.3) is 28.2 Å². The molecule has 4 aromatic rings. The Kier molecular flexibility index (Phi) is 7.61. The summed E-state index contributed by atoms with van der Waals surface area (Å²) in [5, 5.41) is 5.87. The Hall–Kier alpha value is -3.10. The van der Waals surface area contributed by atoms with E-state index in [1.807, 2.05) is 24.3 Å². The zero-order valence-corrected chi connectivity index (χ0v) is 24.7. The number of ether oxygens (including phenoxy) is 2. The van der Waals surface area contributed by atoms with Crippen LogP contribution in [0, 0.1) is 0 Å². The second kappa shape index (κ2) is 10.7. The molecule has 208 valence electrons. The molecule has 2 aromatic heterocycles. The maximum atomic E-state index is 14.3. The van der Waals surface area contributed by atoms with Crippen molar-refractivity contribution in [1.29, 1.82) is 0 Å². The Labute approximate surface area is 246 Å². The molecule has 7 nitrogen and oxygen atoms in total. The monoisotopic (exact) mass is 600 g/mol. The van der Waals surface area contributed by atoms with E-state index in [-0.39, 0.29) is 27.2 Å². The van der Waals surface area contributed by atoms with Crippen molar-refractivity contribution in [2.75, 3.05) is 7.11 Å². The maximum absolute atomic E-state index is 14.3. The minimum absolute atomic E-state index is 0.206. The lowest BCUT2D eigenvalue weighted by atomic mass is 9.76. The summed E-state index contributed by atoms with van der Waals surface area (Å²) < 4.78 is 18.6. The van der Waals surface area contributed by atoms with Crippen LogP contribution < -0.4 is 0 Å². The van der Waals surface area contributed by atoms with Gasteiger partial charge in [0.05, 0.1) is 15.6 Å². The molecule has 0 atom stereocenters. The van der Waals surface area contributed by atoms with Crippen molar-refractivity contribution in [2.45, 2.75) is 51.2 Å². The molecule has 0 bridgehead atoms. The number of rotatable bonds is 6. The van der Waals surface area contributed by atoms with Crippen LogP contribution in [0.2, 0.25) is 15.1 Å². The largest absolute Gasteiger partial charge is 0.457 e. The third-order valence-electron chi connectivity index (χ3n) is 6.91. The van der Waals surface area contributed by atoms with Gasteiger partial charge in [0.25, 0.3) is 5.91 Å². The summed E-state index contributed by atoms with van der Waals surface area (Å²) in [7, 11) is 1.59. The fourth-order valence-electron chi connectivity index (χ4n) is 4.89. The van der Waals surface area contributed by atoms with Gasteiger partial charge < -0.3 is 14.0 Å². The molecule has 0 N–H and O–H groups in total. The van der Waals surface area contributed by atoms with Crippen LogP contribution in [0.15, 0.2) is 53.2 Å². The van der Waals surface area contributed by atoms with Crippen LogP contribution in [0.3, 0.4) is 0 Å². The first kappa shape index (κ1) is 28.4. The van der Waals surface area contributed by atoms with Gasteiger partial charge in [-0.15, -0.1) is 0 Å². The minimum Gasteiger partial charge on any atom is -0.457 e. The summed E-state index contributed by atoms with van der Waals surface area (Å²) in [6, 6.07) is 10.4. The van der Waals surface area contributed by atoms with Crippen LogP contribution in [-0.2, 0) is 19.9 Å². The van der Waals surface area contributed by atoms with Gasteiger partial charge in [0, 0.05) is 35.4 Å². The Morgan fingerprint density at radius 1 is 1.10 bits per heavy atom. The number of methoxy groups -OCH3 is 1. The Bertz CT molecular complexity index is 1630. The lowest BCUT2D eigenvalue weighted by Gasteiger charge is -2.38. The van der Waals surface area contributed by atoms with E-state index in [4.69, 9.17) is 48.8 Å². The summed E-state index contributed by atoms with van der Waals surface area (Å²) in [6.45, 7) is 5.42. The molecule has 1 aliphatic carbocycles. The predicted octanol–water partition coefficient (Wildman–Crippen LogP) is 8.33. The minimum atomic E-state index is -0.786. The molecule has 0 aliphatic heterocycles. The maximum Gasteiger partial charge on any atom is 0.331 e. The number of hydrogen-bond donors (Lipinski definition) is 0. The van der Waals surface area contributed by atoms with Crippen molar-refractivity contribution in [3.05, 3.63) is 80.6 Å². The van der Waals surface area contributed by atoms with E-state index in [9.17, 15) is 9.59 Å². The molecule has 0 saturated heterocycles. The summed E-state index contributed by atoms with van der Waals surface area (Å²) in [6.07, 6.45) is 6.98. The Morgan fingerprint density at radius 3 is 2.40 bits per heavy atom. The summed E-state index contributed by atoms with van der Waals surface area (Å²) >= 11 is 19.2. The van der Waals surface area contributed by atoms with E-state index in [1.54, 1.807) is 40.2 Å². The lowest BCUT2D eigenvalue weighted by Crippen LogP contribution is -2.37. The number of carbonyl (C=O) groups excluding carboxylic acids is 2. The van der Waals surface area contributed by atoms with E-state index in [2.05, 4.69) is 5.16 Å². The summed E-state index contributed by atoms with van der Waals surface area (Å²) in [5.41, 5.74) is 0.741. The van der Waals surface area contributed by atoms with Crippen LogP contribution in [0.4, 0.5) is 0 Å². The van der Waals surface area contributed by atoms with Crippen molar-refractivity contribution in [3.8, 4) is 11.3 Å². The normalized spacial score (nSPS) is 15.0. The van der Waals surface area contributed by atoms with Gasteiger partial charge in [0.2, 0.25) is 0 Å². The molecular weight excluding hydrogens is 575 g/mol. The molecule has 1 aliphatic rings. The number of nitrogens with zero attached hydrogens (tertiary/aromatic N) is 2. The number of benzene rings is 2. The number of fused-ring (bicyclic) bond motifs is 1. The standard InChI is InChI=1S/C30H27Cl3N2O5/c1-29(2,3)39-23(36)10-9-17-7-5-8-22-19(17)11-14-35(22)28(37)25-26(24-20(32)15-18(31)16-21(24)33)34-40-27(25)30(38-4)12-6-13-30/h5,7-11,14-16H,6,12-13H2,1-4H3/b10-9+. The fourth-order valence-corrected chi connectivity index (χ4v) is 5.88. The molecule has 10 heteroatoms.